The molecule has 0 aliphatic carbocycles. The maximum absolute atomic E-state index is 10.8. The van der Waals surface area contributed by atoms with Gasteiger partial charge in [-0.2, -0.15) is 0 Å². The van der Waals surface area contributed by atoms with Gasteiger partial charge in [0.1, 0.15) is 0 Å². The van der Waals surface area contributed by atoms with Crippen LogP contribution >= 0.6 is 0 Å². The van der Waals surface area contributed by atoms with Gasteiger partial charge in [-0.1, -0.05) is 0 Å². The normalized spacial score (nSPS) is 12.5. The summed E-state index contributed by atoms with van der Waals surface area (Å²) in [5.41, 5.74) is 5.66. The van der Waals surface area contributed by atoms with Crippen molar-refractivity contribution in [2.45, 2.75) is 13.0 Å². The van der Waals surface area contributed by atoms with Gasteiger partial charge in [0.2, 0.25) is 0 Å². The quantitative estimate of drug-likeness (QED) is 0.660. The zero-order valence-corrected chi connectivity index (χ0v) is 6.69. The fraction of sp³-hybridized carbons (Fsp3) is 0.250. The van der Waals surface area contributed by atoms with E-state index in [1.165, 1.54) is 19.2 Å². The maximum atomic E-state index is 10.8. The first kappa shape index (κ1) is 8.67. The Bertz CT molecular complexity index is 297. The van der Waals surface area contributed by atoms with Crippen molar-refractivity contribution in [3.63, 3.8) is 0 Å². The zero-order valence-electron chi connectivity index (χ0n) is 6.69. The number of carbonyl (C=O) groups excluding carboxylic acids is 1. The number of aliphatic hydroxyl groups is 1. The van der Waals surface area contributed by atoms with Crippen molar-refractivity contribution in [1.29, 1.82) is 0 Å². The molecular formula is C8H10N2O2. The average molecular weight is 166 g/mol. The molecule has 64 valence electrons. The highest BCUT2D eigenvalue weighted by Gasteiger charge is 2.12. The molecule has 0 aliphatic rings. The Balaban J connectivity index is 3.17. The van der Waals surface area contributed by atoms with Crippen LogP contribution < -0.4 is 5.73 Å². The van der Waals surface area contributed by atoms with E-state index in [9.17, 15) is 9.90 Å². The minimum absolute atomic E-state index is 0.271. The van der Waals surface area contributed by atoms with Gasteiger partial charge >= 0.3 is 0 Å². The second-order valence-corrected chi connectivity index (χ2v) is 2.48. The van der Waals surface area contributed by atoms with Gasteiger partial charge in [-0.15, -0.1) is 0 Å². The molecule has 0 aliphatic heterocycles. The van der Waals surface area contributed by atoms with E-state index in [-0.39, 0.29) is 5.56 Å². The SMILES string of the molecule is C[C@H](O)c1ncccc1C(N)=O. The molecule has 0 radical (unpaired) electrons. The number of rotatable bonds is 2. The Morgan fingerprint density at radius 2 is 2.42 bits per heavy atom. The first-order valence-corrected chi connectivity index (χ1v) is 3.55. The minimum Gasteiger partial charge on any atom is -0.387 e. The number of carbonyl (C=O) groups is 1. The number of amides is 1. The van der Waals surface area contributed by atoms with Crippen LogP contribution in [0.15, 0.2) is 18.3 Å². The maximum Gasteiger partial charge on any atom is 0.250 e. The van der Waals surface area contributed by atoms with Crippen LogP contribution in [0.1, 0.15) is 29.1 Å². The molecule has 12 heavy (non-hydrogen) atoms. The molecule has 0 fully saturated rings. The van der Waals surface area contributed by atoms with Crippen LogP contribution in [-0.4, -0.2) is 16.0 Å². The summed E-state index contributed by atoms with van der Waals surface area (Å²) in [5, 5.41) is 9.18. The summed E-state index contributed by atoms with van der Waals surface area (Å²) in [6, 6.07) is 3.14. The van der Waals surface area contributed by atoms with Crippen LogP contribution in [0, 0.1) is 0 Å². The summed E-state index contributed by atoms with van der Waals surface area (Å²) in [5.74, 6) is -0.570. The number of nitrogens with two attached hydrogens (primary N) is 1. The third kappa shape index (κ3) is 1.60. The van der Waals surface area contributed by atoms with Gasteiger partial charge in [0.05, 0.1) is 17.4 Å². The van der Waals surface area contributed by atoms with Crippen LogP contribution in [0.2, 0.25) is 0 Å². The summed E-state index contributed by atoms with van der Waals surface area (Å²) in [6.07, 6.45) is 0.739. The molecule has 0 bridgehead atoms. The number of hydrogen-bond acceptors (Lipinski definition) is 3. The number of pyridine rings is 1. The molecule has 1 aromatic heterocycles. The van der Waals surface area contributed by atoms with Gasteiger partial charge in [-0.05, 0) is 19.1 Å². The molecule has 0 unspecified atom stereocenters. The van der Waals surface area contributed by atoms with E-state index >= 15 is 0 Å². The van der Waals surface area contributed by atoms with E-state index in [1.54, 1.807) is 6.07 Å². The molecule has 0 saturated carbocycles. The number of primary amides is 1. The number of aromatic nitrogens is 1. The van der Waals surface area contributed by atoms with Gasteiger partial charge in [-0.3, -0.25) is 9.78 Å². The second-order valence-electron chi connectivity index (χ2n) is 2.48. The van der Waals surface area contributed by atoms with Gasteiger partial charge in [0.15, 0.2) is 0 Å². The second kappa shape index (κ2) is 3.32. The lowest BCUT2D eigenvalue weighted by atomic mass is 10.1. The number of nitrogens with zero attached hydrogens (tertiary/aromatic N) is 1. The highest BCUT2D eigenvalue weighted by molar-refractivity contribution is 5.93. The number of aliphatic hydroxyl groups excluding tert-OH is 1. The highest BCUT2D eigenvalue weighted by Crippen LogP contribution is 2.13. The summed E-state index contributed by atoms with van der Waals surface area (Å²) in [4.78, 5) is 14.6. The van der Waals surface area contributed by atoms with Gasteiger partial charge in [0, 0.05) is 6.20 Å². The molecular weight excluding hydrogens is 156 g/mol. The molecule has 0 aromatic carbocycles. The molecule has 3 N–H and O–H groups in total. The van der Waals surface area contributed by atoms with Crippen LogP contribution in [-0.2, 0) is 0 Å². The van der Waals surface area contributed by atoms with E-state index in [2.05, 4.69) is 4.98 Å². The lowest BCUT2D eigenvalue weighted by Crippen LogP contribution is -2.15. The predicted molar refractivity (Wildman–Crippen MR) is 43.4 cm³/mol. The van der Waals surface area contributed by atoms with Crippen molar-refractivity contribution in [3.8, 4) is 0 Å². The average Bonchev–Trinajstić information content (AvgIpc) is 2.04. The van der Waals surface area contributed by atoms with Gasteiger partial charge in [-0.25, -0.2) is 0 Å². The highest BCUT2D eigenvalue weighted by atomic mass is 16.3. The van der Waals surface area contributed by atoms with Crippen molar-refractivity contribution in [3.05, 3.63) is 29.6 Å². The first-order valence-electron chi connectivity index (χ1n) is 3.55. The molecule has 1 amide bonds. The van der Waals surface area contributed by atoms with Crippen molar-refractivity contribution in [2.75, 3.05) is 0 Å². The fourth-order valence-electron chi connectivity index (χ4n) is 0.959. The van der Waals surface area contributed by atoms with E-state index in [1.807, 2.05) is 0 Å². The Hall–Kier alpha value is -1.42. The van der Waals surface area contributed by atoms with Gasteiger partial charge < -0.3 is 10.8 Å². The molecule has 1 heterocycles. The smallest absolute Gasteiger partial charge is 0.250 e. The zero-order chi connectivity index (χ0) is 9.14. The Kier molecular flexibility index (Phi) is 2.40. The van der Waals surface area contributed by atoms with Gasteiger partial charge in [0.25, 0.3) is 5.91 Å². The van der Waals surface area contributed by atoms with Crippen LogP contribution in [0.3, 0.4) is 0 Å². The molecule has 0 spiro atoms. The lowest BCUT2D eigenvalue weighted by molar-refractivity contribution is 0.0992. The van der Waals surface area contributed by atoms with Crippen LogP contribution in [0.25, 0.3) is 0 Å². The third-order valence-corrected chi connectivity index (χ3v) is 1.50. The van der Waals surface area contributed by atoms with Crippen LogP contribution in [0.4, 0.5) is 0 Å². The van der Waals surface area contributed by atoms with Crippen molar-refractivity contribution in [2.24, 2.45) is 5.73 Å². The monoisotopic (exact) mass is 166 g/mol. The standard InChI is InChI=1S/C8H10N2O2/c1-5(11)7-6(8(9)12)3-2-4-10-7/h2-5,11H,1H3,(H2,9,12)/t5-/m0/s1. The lowest BCUT2D eigenvalue weighted by Gasteiger charge is -2.06. The predicted octanol–water partition coefficient (Wildman–Crippen LogP) is 0.234. The first-order chi connectivity index (χ1) is 5.63. The van der Waals surface area contributed by atoms with E-state index in [4.69, 9.17) is 5.73 Å². The van der Waals surface area contributed by atoms with E-state index in [0.717, 1.165) is 0 Å². The summed E-state index contributed by atoms with van der Waals surface area (Å²) >= 11 is 0. The summed E-state index contributed by atoms with van der Waals surface area (Å²) < 4.78 is 0. The Labute approximate surface area is 70.0 Å². The minimum atomic E-state index is -0.770. The molecule has 1 atom stereocenters. The molecule has 1 aromatic rings. The molecule has 4 nitrogen and oxygen atoms in total. The van der Waals surface area contributed by atoms with Crippen LogP contribution in [0.5, 0.6) is 0 Å². The summed E-state index contributed by atoms with van der Waals surface area (Å²) in [7, 11) is 0. The fourth-order valence-corrected chi connectivity index (χ4v) is 0.959. The Morgan fingerprint density at radius 3 is 2.83 bits per heavy atom. The Morgan fingerprint density at radius 1 is 1.75 bits per heavy atom. The van der Waals surface area contributed by atoms with E-state index < -0.39 is 12.0 Å². The van der Waals surface area contributed by atoms with Crippen molar-refractivity contribution >= 4 is 5.91 Å². The molecule has 0 saturated heterocycles. The number of hydrogen-bond donors (Lipinski definition) is 2. The van der Waals surface area contributed by atoms with Crippen molar-refractivity contribution in [1.82, 2.24) is 4.98 Å². The summed E-state index contributed by atoms with van der Waals surface area (Å²) in [6.45, 7) is 1.54. The topological polar surface area (TPSA) is 76.2 Å². The van der Waals surface area contributed by atoms with E-state index in [0.29, 0.717) is 5.69 Å². The molecule has 4 heteroatoms. The third-order valence-electron chi connectivity index (χ3n) is 1.50. The van der Waals surface area contributed by atoms with Crippen molar-refractivity contribution < 1.29 is 9.90 Å². The largest absolute Gasteiger partial charge is 0.387 e. The molecule has 1 rings (SSSR count).